The second kappa shape index (κ2) is 13.9. The molecule has 0 N–H and O–H groups in total. The van der Waals surface area contributed by atoms with Crippen LogP contribution in [0.3, 0.4) is 0 Å². The molecule has 6 rings (SSSR count). The number of carbonyl (C=O) groups is 2. The van der Waals surface area contributed by atoms with Crippen LogP contribution in [-0.2, 0) is 35.5 Å². The van der Waals surface area contributed by atoms with E-state index in [1.54, 1.807) is 22.7 Å². The Morgan fingerprint density at radius 2 is 1.10 bits per heavy atom. The predicted molar refractivity (Wildman–Crippen MR) is 176 cm³/mol. The van der Waals surface area contributed by atoms with Gasteiger partial charge in [-0.05, 0) is 59.4 Å². The Balaban J connectivity index is 0.000000168. The van der Waals surface area contributed by atoms with Crippen molar-refractivity contribution in [1.29, 1.82) is 0 Å². The Morgan fingerprint density at radius 3 is 1.45 bits per heavy atom. The number of rotatable bonds is 6. The maximum atomic E-state index is 12.0. The second-order valence-electron chi connectivity index (χ2n) is 10.5. The van der Waals surface area contributed by atoms with Gasteiger partial charge in [0, 0.05) is 34.7 Å². The van der Waals surface area contributed by atoms with Crippen LogP contribution in [0.1, 0.15) is 43.8 Å². The van der Waals surface area contributed by atoms with E-state index >= 15 is 0 Å². The highest BCUT2D eigenvalue weighted by molar-refractivity contribution is 7.16. The minimum atomic E-state index is -0.0109. The van der Waals surface area contributed by atoms with Crippen molar-refractivity contribution in [3.8, 4) is 0 Å². The average molecular weight is 636 g/mol. The van der Waals surface area contributed by atoms with Gasteiger partial charge in [-0.25, -0.2) is 0 Å². The molecule has 2 aliphatic heterocycles. The molecule has 4 aromatic rings. The van der Waals surface area contributed by atoms with Crippen LogP contribution in [0.4, 0.5) is 0 Å². The largest absolute Gasteiger partial charge is 0.333 e. The molecule has 2 atom stereocenters. The summed E-state index contributed by atoms with van der Waals surface area (Å²) in [6.07, 6.45) is 4.61. The quantitative estimate of drug-likeness (QED) is 0.199. The molecule has 4 heterocycles. The maximum absolute atomic E-state index is 12.0. The van der Waals surface area contributed by atoms with E-state index in [2.05, 4.69) is 49.6 Å². The number of carbonyl (C=O) groups excluding carboxylic acids is 2. The summed E-state index contributed by atoms with van der Waals surface area (Å²) in [5, 5.41) is 0. The van der Waals surface area contributed by atoms with Crippen LogP contribution in [-0.4, -0.2) is 34.7 Å². The van der Waals surface area contributed by atoms with E-state index in [1.165, 1.54) is 44.2 Å². The third-order valence-corrected chi connectivity index (χ3v) is 10.2. The van der Waals surface area contributed by atoms with E-state index in [0.717, 1.165) is 34.6 Å². The van der Waals surface area contributed by atoms with Crippen molar-refractivity contribution in [3.63, 3.8) is 0 Å². The lowest BCUT2D eigenvalue weighted by molar-refractivity contribution is -0.127. The molecule has 42 heavy (non-hydrogen) atoms. The number of hydrogen-bond acceptors (Lipinski definition) is 4. The van der Waals surface area contributed by atoms with Crippen molar-refractivity contribution in [2.45, 2.75) is 37.8 Å². The van der Waals surface area contributed by atoms with Crippen molar-refractivity contribution in [1.82, 2.24) is 9.80 Å². The van der Waals surface area contributed by atoms with Gasteiger partial charge in [-0.2, -0.15) is 0 Å². The fourth-order valence-corrected chi connectivity index (χ4v) is 8.46. The number of nitrogens with zero attached hydrogens (tertiary/aromatic N) is 2. The molecule has 0 spiro atoms. The molecular weight excluding hydrogens is 603 g/mol. The summed E-state index contributed by atoms with van der Waals surface area (Å²) in [4.78, 5) is 30.0. The van der Waals surface area contributed by atoms with Gasteiger partial charge in [0.25, 0.3) is 0 Å². The third-order valence-electron chi connectivity index (χ3n) is 7.68. The van der Waals surface area contributed by atoms with Crippen molar-refractivity contribution < 1.29 is 9.59 Å². The number of halogens is 2. The van der Waals surface area contributed by atoms with E-state index in [-0.39, 0.29) is 11.8 Å². The Bertz CT molecular complexity index is 1450. The Kier molecular flexibility index (Phi) is 10.0. The molecule has 0 aliphatic carbocycles. The summed E-state index contributed by atoms with van der Waals surface area (Å²) in [7, 11) is 0. The first kappa shape index (κ1) is 30.3. The lowest BCUT2D eigenvalue weighted by Gasteiger charge is -2.32. The molecular formula is C34H32Cl2N2O2S2. The van der Waals surface area contributed by atoms with Gasteiger partial charge in [0.1, 0.15) is 0 Å². The standard InChI is InChI=1S/2C17H16ClNOS/c2*1-2-17(20)19-10-13(8-12-6-4-3-5-7-12)14-9-16(18)21-15(14)11-19/h2*2-7,9,13H,1,8,10-11H2/t2*13-/m10/s1. The van der Waals surface area contributed by atoms with Gasteiger partial charge in [0.15, 0.2) is 0 Å². The number of hydrogen-bond donors (Lipinski definition) is 0. The zero-order chi connectivity index (χ0) is 29.6. The number of benzene rings is 2. The summed E-state index contributed by atoms with van der Waals surface area (Å²) in [6, 6.07) is 24.9. The van der Waals surface area contributed by atoms with E-state index < -0.39 is 0 Å². The van der Waals surface area contributed by atoms with Crippen LogP contribution in [0.5, 0.6) is 0 Å². The van der Waals surface area contributed by atoms with Gasteiger partial charge in [-0.15, -0.1) is 22.7 Å². The lowest BCUT2D eigenvalue weighted by Crippen LogP contribution is -2.37. The van der Waals surface area contributed by atoms with Crippen LogP contribution < -0.4 is 0 Å². The molecule has 0 fully saturated rings. The third kappa shape index (κ3) is 7.24. The highest BCUT2D eigenvalue weighted by Gasteiger charge is 2.30. The smallest absolute Gasteiger partial charge is 0.246 e. The molecule has 0 unspecified atom stereocenters. The van der Waals surface area contributed by atoms with E-state index in [9.17, 15) is 9.59 Å². The number of amides is 2. The molecule has 2 aromatic heterocycles. The summed E-state index contributed by atoms with van der Waals surface area (Å²) in [5.74, 6) is 0.569. The van der Waals surface area contributed by atoms with Crippen molar-refractivity contribution in [2.75, 3.05) is 13.1 Å². The van der Waals surface area contributed by atoms with Crippen LogP contribution in [0.25, 0.3) is 0 Å². The molecule has 0 bridgehead atoms. The van der Waals surface area contributed by atoms with Crippen LogP contribution in [0.2, 0.25) is 8.67 Å². The van der Waals surface area contributed by atoms with E-state index in [0.29, 0.717) is 24.9 Å². The monoisotopic (exact) mass is 634 g/mol. The van der Waals surface area contributed by atoms with E-state index in [1.807, 2.05) is 46.2 Å². The Morgan fingerprint density at radius 1 is 0.714 bits per heavy atom. The minimum Gasteiger partial charge on any atom is -0.333 e. The maximum Gasteiger partial charge on any atom is 0.246 e. The van der Waals surface area contributed by atoms with Crippen molar-refractivity contribution in [2.24, 2.45) is 0 Å². The summed E-state index contributed by atoms with van der Waals surface area (Å²) >= 11 is 15.5. The molecule has 2 aromatic carbocycles. The van der Waals surface area contributed by atoms with Crippen molar-refractivity contribution in [3.05, 3.63) is 139 Å². The van der Waals surface area contributed by atoms with Gasteiger partial charge in [-0.1, -0.05) is 97.0 Å². The number of fused-ring (bicyclic) bond motifs is 2. The molecule has 0 saturated heterocycles. The first-order chi connectivity index (χ1) is 20.3. The fourth-order valence-electron chi connectivity index (χ4n) is 5.70. The van der Waals surface area contributed by atoms with E-state index in [4.69, 9.17) is 23.2 Å². The Labute approximate surface area is 265 Å². The molecule has 216 valence electrons. The zero-order valence-corrected chi connectivity index (χ0v) is 26.3. The average Bonchev–Trinajstić information content (AvgIpc) is 3.58. The van der Waals surface area contributed by atoms with Gasteiger partial charge in [-0.3, -0.25) is 9.59 Å². The first-order valence-corrected chi connectivity index (χ1v) is 16.2. The topological polar surface area (TPSA) is 40.6 Å². The lowest BCUT2D eigenvalue weighted by atomic mass is 9.89. The van der Waals surface area contributed by atoms with Gasteiger partial charge in [0.05, 0.1) is 21.8 Å². The summed E-state index contributed by atoms with van der Waals surface area (Å²) in [5.41, 5.74) is 5.15. The van der Waals surface area contributed by atoms with Gasteiger partial charge in [0.2, 0.25) is 11.8 Å². The summed E-state index contributed by atoms with van der Waals surface area (Å²) in [6.45, 7) is 9.91. The molecule has 0 saturated carbocycles. The molecule has 8 heteroatoms. The van der Waals surface area contributed by atoms with Crippen LogP contribution in [0.15, 0.2) is 98.1 Å². The SMILES string of the molecule is C=CC(=O)N1Cc2sc(Cl)cc2[C@@H](Cc2ccccc2)C1.C=CC(=O)N1Cc2sc(Cl)cc2[C@H](Cc2ccccc2)C1. The highest BCUT2D eigenvalue weighted by Crippen LogP contribution is 2.39. The zero-order valence-electron chi connectivity index (χ0n) is 23.2. The van der Waals surface area contributed by atoms with Gasteiger partial charge < -0.3 is 9.80 Å². The minimum absolute atomic E-state index is 0.0109. The van der Waals surface area contributed by atoms with Crippen LogP contribution in [0, 0.1) is 0 Å². The van der Waals surface area contributed by atoms with Crippen LogP contribution >= 0.6 is 45.9 Å². The second-order valence-corrected chi connectivity index (χ2v) is 14.0. The summed E-state index contributed by atoms with van der Waals surface area (Å²) < 4.78 is 1.59. The molecule has 0 radical (unpaired) electrons. The number of thiophene rings is 2. The molecule has 2 amide bonds. The van der Waals surface area contributed by atoms with Gasteiger partial charge >= 0.3 is 0 Å². The molecule has 4 nitrogen and oxygen atoms in total. The normalized spacial score (nSPS) is 17.4. The fraction of sp³-hybridized carbons (Fsp3) is 0.235. The predicted octanol–water partition coefficient (Wildman–Crippen LogP) is 8.51. The first-order valence-electron chi connectivity index (χ1n) is 13.8. The Hall–Kier alpha value is -3.16. The highest BCUT2D eigenvalue weighted by atomic mass is 35.5. The molecule has 2 aliphatic rings. The van der Waals surface area contributed by atoms with Crippen molar-refractivity contribution >= 4 is 57.7 Å².